The summed E-state index contributed by atoms with van der Waals surface area (Å²) in [5.41, 5.74) is 0.591. The molecule has 2 nitrogen and oxygen atoms in total. The molecule has 2 aliphatic rings. The summed E-state index contributed by atoms with van der Waals surface area (Å²) >= 11 is 0. The SMILES string of the molecule is CCC1CCNC(CN(C)C2CCC(C)(C)CC2)C1. The fourth-order valence-electron chi connectivity index (χ4n) is 3.93. The Hall–Kier alpha value is -0.0800. The molecule has 2 atom stereocenters. The molecule has 0 spiro atoms. The lowest BCUT2D eigenvalue weighted by molar-refractivity contribution is 0.111. The first-order chi connectivity index (χ1) is 9.00. The van der Waals surface area contributed by atoms with E-state index in [1.807, 2.05) is 0 Å². The number of rotatable bonds is 4. The lowest BCUT2D eigenvalue weighted by Gasteiger charge is -2.41. The normalized spacial score (nSPS) is 32.7. The summed E-state index contributed by atoms with van der Waals surface area (Å²) < 4.78 is 0. The number of piperidine rings is 1. The fraction of sp³-hybridized carbons (Fsp3) is 1.00. The van der Waals surface area contributed by atoms with Crippen LogP contribution in [0.3, 0.4) is 0 Å². The Morgan fingerprint density at radius 2 is 1.84 bits per heavy atom. The summed E-state index contributed by atoms with van der Waals surface area (Å²) in [5.74, 6) is 0.963. The summed E-state index contributed by atoms with van der Waals surface area (Å²) in [4.78, 5) is 2.64. The van der Waals surface area contributed by atoms with Crippen LogP contribution in [-0.2, 0) is 0 Å². The maximum Gasteiger partial charge on any atom is 0.0197 e. The molecule has 1 heterocycles. The first-order valence-electron chi connectivity index (χ1n) is 8.44. The Labute approximate surface area is 120 Å². The van der Waals surface area contributed by atoms with Crippen LogP contribution in [0.1, 0.15) is 65.7 Å². The molecule has 1 saturated carbocycles. The van der Waals surface area contributed by atoms with Crippen molar-refractivity contribution in [1.29, 1.82) is 0 Å². The van der Waals surface area contributed by atoms with Crippen molar-refractivity contribution in [2.24, 2.45) is 11.3 Å². The smallest absolute Gasteiger partial charge is 0.0197 e. The van der Waals surface area contributed by atoms with Gasteiger partial charge < -0.3 is 10.2 Å². The highest BCUT2D eigenvalue weighted by Gasteiger charge is 2.30. The standard InChI is InChI=1S/C17H34N2/c1-5-14-8-11-18-15(12-14)13-19(4)16-6-9-17(2,3)10-7-16/h14-16,18H,5-13H2,1-4H3. The Kier molecular flexibility index (Phi) is 5.30. The third kappa shape index (κ3) is 4.46. The highest BCUT2D eigenvalue weighted by Crippen LogP contribution is 2.36. The topological polar surface area (TPSA) is 15.3 Å². The molecule has 1 saturated heterocycles. The fourth-order valence-corrected chi connectivity index (χ4v) is 3.93. The van der Waals surface area contributed by atoms with Gasteiger partial charge in [-0.2, -0.15) is 0 Å². The van der Waals surface area contributed by atoms with Crippen LogP contribution in [0.25, 0.3) is 0 Å². The van der Waals surface area contributed by atoms with Crippen molar-refractivity contribution in [3.8, 4) is 0 Å². The monoisotopic (exact) mass is 266 g/mol. The zero-order valence-electron chi connectivity index (χ0n) is 13.5. The van der Waals surface area contributed by atoms with Crippen LogP contribution in [0.2, 0.25) is 0 Å². The minimum atomic E-state index is 0.591. The van der Waals surface area contributed by atoms with E-state index in [1.54, 1.807) is 0 Å². The van der Waals surface area contributed by atoms with Gasteiger partial charge in [-0.25, -0.2) is 0 Å². The van der Waals surface area contributed by atoms with Crippen molar-refractivity contribution in [2.75, 3.05) is 20.1 Å². The van der Waals surface area contributed by atoms with Crippen LogP contribution in [0.5, 0.6) is 0 Å². The third-order valence-corrected chi connectivity index (χ3v) is 5.62. The van der Waals surface area contributed by atoms with E-state index in [0.717, 1.165) is 18.0 Å². The van der Waals surface area contributed by atoms with E-state index in [4.69, 9.17) is 0 Å². The molecule has 2 heteroatoms. The quantitative estimate of drug-likeness (QED) is 0.835. The van der Waals surface area contributed by atoms with Gasteiger partial charge in [-0.05, 0) is 63.5 Å². The summed E-state index contributed by atoms with van der Waals surface area (Å²) in [7, 11) is 2.35. The molecule has 2 unspecified atom stereocenters. The first-order valence-corrected chi connectivity index (χ1v) is 8.44. The van der Waals surface area contributed by atoms with Crippen molar-refractivity contribution >= 4 is 0 Å². The van der Waals surface area contributed by atoms with Gasteiger partial charge in [-0.15, -0.1) is 0 Å². The van der Waals surface area contributed by atoms with E-state index in [2.05, 4.69) is 38.0 Å². The van der Waals surface area contributed by atoms with E-state index in [-0.39, 0.29) is 0 Å². The number of nitrogens with one attached hydrogen (secondary N) is 1. The Bertz CT molecular complexity index is 264. The molecule has 2 fully saturated rings. The minimum Gasteiger partial charge on any atom is -0.313 e. The summed E-state index contributed by atoms with van der Waals surface area (Å²) in [6, 6.07) is 1.57. The highest BCUT2D eigenvalue weighted by molar-refractivity contribution is 4.86. The number of hydrogen-bond donors (Lipinski definition) is 1. The summed E-state index contributed by atoms with van der Waals surface area (Å²) in [6.45, 7) is 9.69. The van der Waals surface area contributed by atoms with Gasteiger partial charge in [-0.3, -0.25) is 0 Å². The van der Waals surface area contributed by atoms with E-state index in [0.29, 0.717) is 5.41 Å². The van der Waals surface area contributed by atoms with Crippen LogP contribution in [0.4, 0.5) is 0 Å². The van der Waals surface area contributed by atoms with Gasteiger partial charge in [0.05, 0.1) is 0 Å². The van der Waals surface area contributed by atoms with Gasteiger partial charge >= 0.3 is 0 Å². The van der Waals surface area contributed by atoms with E-state index in [1.165, 1.54) is 58.0 Å². The lowest BCUT2D eigenvalue weighted by atomic mass is 9.75. The maximum atomic E-state index is 3.73. The molecule has 0 amide bonds. The van der Waals surface area contributed by atoms with Crippen molar-refractivity contribution < 1.29 is 0 Å². The van der Waals surface area contributed by atoms with Gasteiger partial charge in [-0.1, -0.05) is 27.2 Å². The van der Waals surface area contributed by atoms with E-state index >= 15 is 0 Å². The third-order valence-electron chi connectivity index (χ3n) is 5.62. The van der Waals surface area contributed by atoms with Crippen LogP contribution >= 0.6 is 0 Å². The predicted molar refractivity (Wildman–Crippen MR) is 83.5 cm³/mol. The second kappa shape index (κ2) is 6.58. The van der Waals surface area contributed by atoms with Crippen molar-refractivity contribution in [1.82, 2.24) is 10.2 Å². The van der Waals surface area contributed by atoms with Crippen LogP contribution in [0, 0.1) is 11.3 Å². The molecule has 0 aromatic carbocycles. The van der Waals surface area contributed by atoms with Crippen LogP contribution < -0.4 is 5.32 Å². The predicted octanol–water partition coefficient (Wildman–Crippen LogP) is 3.67. The Morgan fingerprint density at radius 3 is 2.47 bits per heavy atom. The average molecular weight is 266 g/mol. The Morgan fingerprint density at radius 1 is 1.16 bits per heavy atom. The van der Waals surface area contributed by atoms with Gasteiger partial charge in [0.25, 0.3) is 0 Å². The molecule has 112 valence electrons. The van der Waals surface area contributed by atoms with Crippen molar-refractivity contribution in [3.05, 3.63) is 0 Å². The average Bonchev–Trinajstić information content (AvgIpc) is 2.38. The Balaban J connectivity index is 1.76. The number of hydrogen-bond acceptors (Lipinski definition) is 2. The minimum absolute atomic E-state index is 0.591. The molecule has 1 aliphatic carbocycles. The second-order valence-electron chi connectivity index (χ2n) is 7.78. The molecule has 0 radical (unpaired) electrons. The zero-order chi connectivity index (χ0) is 13.9. The largest absolute Gasteiger partial charge is 0.313 e. The summed E-state index contributed by atoms with van der Waals surface area (Å²) in [5, 5.41) is 3.73. The highest BCUT2D eigenvalue weighted by atomic mass is 15.2. The molecule has 2 rings (SSSR count). The molecule has 0 aromatic heterocycles. The molecular weight excluding hydrogens is 232 g/mol. The molecular formula is C17H34N2. The molecule has 1 aliphatic heterocycles. The van der Waals surface area contributed by atoms with Crippen molar-refractivity contribution in [2.45, 2.75) is 77.8 Å². The van der Waals surface area contributed by atoms with Crippen LogP contribution in [-0.4, -0.2) is 37.1 Å². The lowest BCUT2D eigenvalue weighted by Crippen LogP contribution is -2.48. The second-order valence-corrected chi connectivity index (χ2v) is 7.78. The molecule has 19 heavy (non-hydrogen) atoms. The maximum absolute atomic E-state index is 3.73. The van der Waals surface area contributed by atoms with Gasteiger partial charge in [0.2, 0.25) is 0 Å². The number of nitrogens with zero attached hydrogens (tertiary/aromatic N) is 1. The first kappa shape index (κ1) is 15.3. The van der Waals surface area contributed by atoms with Crippen LogP contribution in [0.15, 0.2) is 0 Å². The summed E-state index contributed by atoms with van der Waals surface area (Å²) in [6.07, 6.45) is 9.73. The van der Waals surface area contributed by atoms with Gasteiger partial charge in [0.1, 0.15) is 0 Å². The van der Waals surface area contributed by atoms with Gasteiger partial charge in [0, 0.05) is 18.6 Å². The van der Waals surface area contributed by atoms with Crippen molar-refractivity contribution in [3.63, 3.8) is 0 Å². The molecule has 0 bridgehead atoms. The van der Waals surface area contributed by atoms with Gasteiger partial charge in [0.15, 0.2) is 0 Å². The zero-order valence-corrected chi connectivity index (χ0v) is 13.5. The molecule has 1 N–H and O–H groups in total. The molecule has 0 aromatic rings. The number of likely N-dealkylation sites (N-methyl/N-ethyl adjacent to an activating group) is 1. The van der Waals surface area contributed by atoms with E-state index < -0.39 is 0 Å². The van der Waals surface area contributed by atoms with E-state index in [9.17, 15) is 0 Å².